The Morgan fingerprint density at radius 3 is 2.73 bits per heavy atom. The van der Waals surface area contributed by atoms with Gasteiger partial charge in [0.15, 0.2) is 5.82 Å². The lowest BCUT2D eigenvalue weighted by atomic mass is 10.1. The van der Waals surface area contributed by atoms with Crippen molar-refractivity contribution in [2.75, 3.05) is 12.4 Å². The van der Waals surface area contributed by atoms with E-state index in [1.54, 1.807) is 24.3 Å². The lowest BCUT2D eigenvalue weighted by molar-refractivity contribution is 0.102. The Hall–Kier alpha value is -3.26. The number of nitrogens with zero attached hydrogens (tertiary/aromatic N) is 4. The first kappa shape index (κ1) is 17.6. The summed E-state index contributed by atoms with van der Waals surface area (Å²) in [7, 11) is 3.01. The molecule has 9 heteroatoms. The molecule has 1 N–H and O–H groups in total. The predicted molar refractivity (Wildman–Crippen MR) is 96.5 cm³/mol. The molecule has 8 nitrogen and oxygen atoms in total. The Morgan fingerprint density at radius 2 is 2.00 bits per heavy atom. The molecular weight excluding hydrogens is 358 g/mol. The maximum Gasteiger partial charge on any atom is 0.275 e. The van der Waals surface area contributed by atoms with E-state index in [1.165, 1.54) is 32.6 Å². The summed E-state index contributed by atoms with van der Waals surface area (Å²) in [5.74, 6) is 0.273. The molecule has 1 aromatic carbocycles. The van der Waals surface area contributed by atoms with Crippen molar-refractivity contribution in [3.8, 4) is 17.0 Å². The number of aryl methyl sites for hydroxylation is 1. The predicted octanol–water partition coefficient (Wildman–Crippen LogP) is 2.15. The molecule has 2 aromatic heterocycles. The Morgan fingerprint density at radius 1 is 1.19 bits per heavy atom. The highest BCUT2D eigenvalue weighted by atomic mass is 35.5. The van der Waals surface area contributed by atoms with Gasteiger partial charge >= 0.3 is 0 Å². The minimum Gasteiger partial charge on any atom is -0.495 e. The summed E-state index contributed by atoms with van der Waals surface area (Å²) in [4.78, 5) is 31.9. The highest BCUT2D eigenvalue weighted by Gasteiger charge is 2.12. The number of anilines is 1. The Balaban J connectivity index is 1.87. The Bertz CT molecular complexity index is 1030. The first-order valence-electron chi connectivity index (χ1n) is 7.49. The number of ether oxygens (including phenoxy) is 1. The van der Waals surface area contributed by atoms with Gasteiger partial charge in [0, 0.05) is 18.7 Å². The fraction of sp³-hybridized carbons (Fsp3) is 0.118. The normalized spacial score (nSPS) is 10.4. The molecule has 0 spiro atoms. The van der Waals surface area contributed by atoms with Gasteiger partial charge < -0.3 is 10.1 Å². The number of rotatable bonds is 4. The molecule has 0 saturated heterocycles. The van der Waals surface area contributed by atoms with Crippen LogP contribution in [0.2, 0.25) is 5.02 Å². The molecule has 0 unspecified atom stereocenters. The number of hydrogen-bond acceptors (Lipinski definition) is 6. The third-order valence-corrected chi connectivity index (χ3v) is 3.86. The van der Waals surface area contributed by atoms with Gasteiger partial charge in [-0.15, -0.1) is 0 Å². The topological polar surface area (TPSA) is 99.0 Å². The van der Waals surface area contributed by atoms with Gasteiger partial charge in [0.2, 0.25) is 0 Å². The number of halogens is 1. The lowest BCUT2D eigenvalue weighted by Gasteiger charge is -2.08. The zero-order valence-electron chi connectivity index (χ0n) is 13.9. The molecule has 3 aromatic rings. The summed E-state index contributed by atoms with van der Waals surface area (Å²) >= 11 is 6.03. The first-order valence-corrected chi connectivity index (χ1v) is 7.87. The molecule has 26 heavy (non-hydrogen) atoms. The van der Waals surface area contributed by atoms with Crippen molar-refractivity contribution < 1.29 is 9.53 Å². The molecule has 0 radical (unpaired) electrons. The summed E-state index contributed by atoms with van der Waals surface area (Å²) in [5.41, 5.74) is 1.14. The van der Waals surface area contributed by atoms with E-state index in [4.69, 9.17) is 16.3 Å². The monoisotopic (exact) mass is 371 g/mol. The number of amides is 1. The van der Waals surface area contributed by atoms with E-state index in [9.17, 15) is 9.59 Å². The quantitative estimate of drug-likeness (QED) is 0.754. The summed E-state index contributed by atoms with van der Waals surface area (Å²) in [6, 6.07) is 9.45. The molecule has 0 fully saturated rings. The highest BCUT2D eigenvalue weighted by Crippen LogP contribution is 2.29. The van der Waals surface area contributed by atoms with Crippen molar-refractivity contribution in [2.24, 2.45) is 7.05 Å². The van der Waals surface area contributed by atoms with Gasteiger partial charge in [-0.05, 0) is 24.3 Å². The second-order valence-electron chi connectivity index (χ2n) is 5.27. The Kier molecular flexibility index (Phi) is 4.94. The number of hydrogen-bond donors (Lipinski definition) is 1. The van der Waals surface area contributed by atoms with Gasteiger partial charge in [-0.3, -0.25) is 9.59 Å². The van der Waals surface area contributed by atoms with E-state index in [2.05, 4.69) is 20.4 Å². The Labute approximate surface area is 153 Å². The standard InChI is InChI=1S/C17H14ClN5O3/c1-23-16(24)6-5-15(22-23)21-17(25)13-8-12(19-9-20-13)10-3-4-11(18)14(7-10)26-2/h3-9H,1-2H3,(H,21,22,25). The van der Waals surface area contributed by atoms with Crippen LogP contribution in [0.25, 0.3) is 11.3 Å². The fourth-order valence-electron chi connectivity index (χ4n) is 2.21. The maximum absolute atomic E-state index is 12.4. The van der Waals surface area contributed by atoms with Crippen molar-refractivity contribution in [3.63, 3.8) is 0 Å². The van der Waals surface area contributed by atoms with Gasteiger partial charge in [0.25, 0.3) is 11.5 Å². The molecule has 0 aliphatic carbocycles. The number of nitrogens with one attached hydrogen (secondary N) is 1. The fourth-order valence-corrected chi connectivity index (χ4v) is 2.40. The number of methoxy groups -OCH3 is 1. The highest BCUT2D eigenvalue weighted by molar-refractivity contribution is 6.32. The van der Waals surface area contributed by atoms with Crippen LogP contribution < -0.4 is 15.6 Å². The summed E-state index contributed by atoms with van der Waals surface area (Å²) in [6.45, 7) is 0. The number of carbonyl (C=O) groups is 1. The van der Waals surface area contributed by atoms with Gasteiger partial charge in [0.1, 0.15) is 17.8 Å². The second kappa shape index (κ2) is 7.32. The van der Waals surface area contributed by atoms with Crippen LogP contribution in [0.5, 0.6) is 5.75 Å². The number of aromatic nitrogens is 4. The van der Waals surface area contributed by atoms with Gasteiger partial charge in [-0.2, -0.15) is 5.10 Å². The molecule has 3 rings (SSSR count). The number of carbonyl (C=O) groups excluding carboxylic acids is 1. The molecule has 0 saturated carbocycles. The van der Waals surface area contributed by atoms with Crippen LogP contribution in [-0.4, -0.2) is 32.8 Å². The van der Waals surface area contributed by atoms with E-state index in [0.29, 0.717) is 16.5 Å². The smallest absolute Gasteiger partial charge is 0.275 e. The average molecular weight is 372 g/mol. The minimum absolute atomic E-state index is 0.152. The van der Waals surface area contributed by atoms with E-state index in [1.807, 2.05) is 0 Å². The first-order chi connectivity index (χ1) is 12.5. The van der Waals surface area contributed by atoms with E-state index < -0.39 is 5.91 Å². The molecule has 0 bridgehead atoms. The van der Waals surface area contributed by atoms with Gasteiger partial charge in [-0.1, -0.05) is 17.7 Å². The second-order valence-corrected chi connectivity index (χ2v) is 5.68. The minimum atomic E-state index is -0.472. The summed E-state index contributed by atoms with van der Waals surface area (Å²) in [6.07, 6.45) is 1.29. The van der Waals surface area contributed by atoms with Crippen LogP contribution in [-0.2, 0) is 7.05 Å². The van der Waals surface area contributed by atoms with E-state index in [-0.39, 0.29) is 17.1 Å². The lowest BCUT2D eigenvalue weighted by Crippen LogP contribution is -2.22. The largest absolute Gasteiger partial charge is 0.495 e. The van der Waals surface area contributed by atoms with Crippen LogP contribution in [0, 0.1) is 0 Å². The molecule has 132 valence electrons. The van der Waals surface area contributed by atoms with Crippen molar-refractivity contribution >= 4 is 23.3 Å². The molecular formula is C17H14ClN5O3. The molecule has 0 aliphatic heterocycles. The maximum atomic E-state index is 12.4. The van der Waals surface area contributed by atoms with Crippen molar-refractivity contribution in [1.29, 1.82) is 0 Å². The van der Waals surface area contributed by atoms with Crippen molar-refractivity contribution in [2.45, 2.75) is 0 Å². The molecule has 1 amide bonds. The number of benzene rings is 1. The van der Waals surface area contributed by atoms with Crippen LogP contribution in [0.1, 0.15) is 10.5 Å². The summed E-state index contributed by atoms with van der Waals surface area (Å²) in [5, 5.41) is 7.02. The van der Waals surface area contributed by atoms with Crippen LogP contribution in [0.3, 0.4) is 0 Å². The van der Waals surface area contributed by atoms with E-state index in [0.717, 1.165) is 10.2 Å². The average Bonchev–Trinajstić information content (AvgIpc) is 2.65. The van der Waals surface area contributed by atoms with Gasteiger partial charge in [-0.25, -0.2) is 14.6 Å². The van der Waals surface area contributed by atoms with Crippen molar-refractivity contribution in [1.82, 2.24) is 19.7 Å². The third-order valence-electron chi connectivity index (χ3n) is 3.55. The molecule has 2 heterocycles. The van der Waals surface area contributed by atoms with Crippen molar-refractivity contribution in [3.05, 3.63) is 63.8 Å². The van der Waals surface area contributed by atoms with E-state index >= 15 is 0 Å². The van der Waals surface area contributed by atoms with Gasteiger partial charge in [0.05, 0.1) is 17.8 Å². The SMILES string of the molecule is COc1cc(-c2cc(C(=O)Nc3ccc(=O)n(C)n3)ncn2)ccc1Cl. The van der Waals surface area contributed by atoms with Crippen LogP contribution in [0.4, 0.5) is 5.82 Å². The zero-order valence-corrected chi connectivity index (χ0v) is 14.7. The van der Waals surface area contributed by atoms with Crippen LogP contribution >= 0.6 is 11.6 Å². The molecule has 0 aliphatic rings. The zero-order chi connectivity index (χ0) is 18.7. The third kappa shape index (κ3) is 3.70. The summed E-state index contributed by atoms with van der Waals surface area (Å²) < 4.78 is 6.32. The molecule has 0 atom stereocenters. The van der Waals surface area contributed by atoms with Crippen LogP contribution in [0.15, 0.2) is 47.5 Å².